The van der Waals surface area contributed by atoms with Crippen molar-refractivity contribution in [3.8, 4) is 0 Å². The summed E-state index contributed by atoms with van der Waals surface area (Å²) in [5, 5.41) is 8.40. The summed E-state index contributed by atoms with van der Waals surface area (Å²) in [5.74, 6) is -1.27. The second-order valence-corrected chi connectivity index (χ2v) is 4.48. The molecule has 4 heteroatoms. The maximum Gasteiger partial charge on any atom is 0.310 e. The van der Waals surface area contributed by atoms with E-state index >= 15 is 0 Å². The van der Waals surface area contributed by atoms with Gasteiger partial charge in [0.15, 0.2) is 0 Å². The molecule has 15 heavy (non-hydrogen) atoms. The number of carboxylic acids is 1. The third-order valence-electron chi connectivity index (χ3n) is 1.95. The maximum atomic E-state index is 11.1. The van der Waals surface area contributed by atoms with Gasteiger partial charge in [-0.1, -0.05) is 12.1 Å². The van der Waals surface area contributed by atoms with Crippen molar-refractivity contribution >= 4 is 34.3 Å². The number of ketones is 1. The number of hydrogen-bond acceptors (Lipinski definition) is 2. The van der Waals surface area contributed by atoms with Crippen molar-refractivity contribution in [2.75, 3.05) is 0 Å². The smallest absolute Gasteiger partial charge is 0.310 e. The molecule has 0 radical (unpaired) electrons. The summed E-state index contributed by atoms with van der Waals surface area (Å²) in [4.78, 5) is 21.4. The molecule has 0 atom stereocenters. The Kier molecular flexibility index (Phi) is 4.74. The fraction of sp³-hybridized carbons (Fsp3) is 0.273. The summed E-state index contributed by atoms with van der Waals surface area (Å²) in [6.07, 6.45) is 0.542. The van der Waals surface area contributed by atoms with Crippen LogP contribution in [0.1, 0.15) is 18.4 Å². The molecule has 0 heterocycles. The SMILES string of the molecule is O=C(O)CC(=O)CCc1ccc(I)cc1. The highest BCUT2D eigenvalue weighted by molar-refractivity contribution is 14.1. The van der Waals surface area contributed by atoms with E-state index in [1.807, 2.05) is 24.3 Å². The van der Waals surface area contributed by atoms with E-state index in [-0.39, 0.29) is 12.2 Å². The second kappa shape index (κ2) is 5.85. The molecule has 0 aromatic heterocycles. The lowest BCUT2D eigenvalue weighted by molar-refractivity contribution is -0.140. The second-order valence-electron chi connectivity index (χ2n) is 3.24. The molecule has 3 nitrogen and oxygen atoms in total. The minimum absolute atomic E-state index is 0.221. The lowest BCUT2D eigenvalue weighted by Gasteiger charge is -2.00. The van der Waals surface area contributed by atoms with E-state index in [9.17, 15) is 9.59 Å². The van der Waals surface area contributed by atoms with Gasteiger partial charge in [0, 0.05) is 9.99 Å². The van der Waals surface area contributed by atoms with E-state index in [2.05, 4.69) is 22.6 Å². The molecule has 0 fully saturated rings. The number of carbonyl (C=O) groups is 2. The Bertz CT molecular complexity index is 357. The minimum atomic E-state index is -1.05. The van der Waals surface area contributed by atoms with Gasteiger partial charge >= 0.3 is 5.97 Å². The number of aliphatic carboxylic acids is 1. The fourth-order valence-electron chi connectivity index (χ4n) is 1.19. The third-order valence-corrected chi connectivity index (χ3v) is 2.67. The van der Waals surface area contributed by atoms with Gasteiger partial charge in [-0.25, -0.2) is 0 Å². The number of hydrogen-bond donors (Lipinski definition) is 1. The van der Waals surface area contributed by atoms with Crippen LogP contribution in [0.15, 0.2) is 24.3 Å². The van der Waals surface area contributed by atoms with Crippen molar-refractivity contribution in [2.45, 2.75) is 19.3 Å². The zero-order valence-electron chi connectivity index (χ0n) is 8.07. The van der Waals surface area contributed by atoms with E-state index in [1.54, 1.807) is 0 Å². The van der Waals surface area contributed by atoms with Crippen LogP contribution in [0.2, 0.25) is 0 Å². The van der Waals surface area contributed by atoms with E-state index in [4.69, 9.17) is 5.11 Å². The standard InChI is InChI=1S/C11H11IO3/c12-9-4-1-8(2-5-9)3-6-10(13)7-11(14)15/h1-2,4-5H,3,6-7H2,(H,14,15). The zero-order valence-corrected chi connectivity index (χ0v) is 10.2. The van der Waals surface area contributed by atoms with Gasteiger partial charge in [0.2, 0.25) is 0 Å². The van der Waals surface area contributed by atoms with Crippen LogP contribution in [0.3, 0.4) is 0 Å². The van der Waals surface area contributed by atoms with Gasteiger partial charge in [-0.15, -0.1) is 0 Å². The Balaban J connectivity index is 2.40. The van der Waals surface area contributed by atoms with Gasteiger partial charge in [-0.3, -0.25) is 9.59 Å². The predicted molar refractivity (Wildman–Crippen MR) is 64.7 cm³/mol. The average molecular weight is 318 g/mol. The highest BCUT2D eigenvalue weighted by Gasteiger charge is 2.07. The molecule has 0 saturated heterocycles. The number of Topliss-reactive ketones (excluding diaryl/α,β-unsaturated/α-hetero) is 1. The molecular weight excluding hydrogens is 307 g/mol. The van der Waals surface area contributed by atoms with Crippen molar-refractivity contribution in [1.82, 2.24) is 0 Å². The minimum Gasteiger partial charge on any atom is -0.481 e. The van der Waals surface area contributed by atoms with E-state index in [0.717, 1.165) is 9.13 Å². The van der Waals surface area contributed by atoms with Crippen molar-refractivity contribution in [1.29, 1.82) is 0 Å². The van der Waals surface area contributed by atoms with Crippen LogP contribution in [0.5, 0.6) is 0 Å². The fourth-order valence-corrected chi connectivity index (χ4v) is 1.55. The Morgan fingerprint density at radius 1 is 1.20 bits per heavy atom. The summed E-state index contributed by atoms with van der Waals surface area (Å²) in [7, 11) is 0. The molecule has 0 saturated carbocycles. The Morgan fingerprint density at radius 3 is 2.33 bits per heavy atom. The van der Waals surface area contributed by atoms with Gasteiger partial charge in [-0.05, 0) is 46.7 Å². The van der Waals surface area contributed by atoms with Crippen LogP contribution in [-0.2, 0) is 16.0 Å². The summed E-state index contributed by atoms with van der Waals surface area (Å²) >= 11 is 2.21. The van der Waals surface area contributed by atoms with E-state index in [1.165, 1.54) is 0 Å². The molecule has 1 N–H and O–H groups in total. The molecule has 1 aromatic rings. The first-order chi connectivity index (χ1) is 7.08. The molecule has 0 aliphatic rings. The maximum absolute atomic E-state index is 11.1. The Morgan fingerprint density at radius 2 is 1.80 bits per heavy atom. The van der Waals surface area contributed by atoms with Gasteiger partial charge < -0.3 is 5.11 Å². The highest BCUT2D eigenvalue weighted by Crippen LogP contribution is 2.09. The normalized spacial score (nSPS) is 9.93. The molecule has 0 bridgehead atoms. The first kappa shape index (κ1) is 12.2. The van der Waals surface area contributed by atoms with Gasteiger partial charge in [0.1, 0.15) is 12.2 Å². The third kappa shape index (κ3) is 4.92. The topological polar surface area (TPSA) is 54.4 Å². The summed E-state index contributed by atoms with van der Waals surface area (Å²) < 4.78 is 1.15. The first-order valence-electron chi connectivity index (χ1n) is 4.56. The van der Waals surface area contributed by atoms with Gasteiger partial charge in [0.05, 0.1) is 0 Å². The average Bonchev–Trinajstić information content (AvgIpc) is 2.16. The molecule has 0 unspecified atom stereocenters. The first-order valence-corrected chi connectivity index (χ1v) is 5.64. The largest absolute Gasteiger partial charge is 0.481 e. The molecule has 1 aromatic carbocycles. The van der Waals surface area contributed by atoms with Crippen molar-refractivity contribution < 1.29 is 14.7 Å². The lowest BCUT2D eigenvalue weighted by Crippen LogP contribution is -2.07. The van der Waals surface area contributed by atoms with Gasteiger partial charge in [-0.2, -0.15) is 0 Å². The van der Waals surface area contributed by atoms with Crippen molar-refractivity contribution in [3.05, 3.63) is 33.4 Å². The van der Waals surface area contributed by atoms with Crippen LogP contribution in [0.25, 0.3) is 0 Å². The quantitative estimate of drug-likeness (QED) is 0.669. The predicted octanol–water partition coefficient (Wildman–Crippen LogP) is 2.27. The molecule has 0 spiro atoms. The van der Waals surface area contributed by atoms with Crippen LogP contribution in [0.4, 0.5) is 0 Å². The lowest BCUT2D eigenvalue weighted by atomic mass is 10.1. The van der Waals surface area contributed by atoms with E-state index in [0.29, 0.717) is 12.8 Å². The Labute approximate surface area is 102 Å². The number of rotatable bonds is 5. The number of carbonyl (C=O) groups excluding carboxylic acids is 1. The zero-order chi connectivity index (χ0) is 11.3. The number of carboxylic acid groups (broad SMARTS) is 1. The van der Waals surface area contributed by atoms with Crippen molar-refractivity contribution in [2.24, 2.45) is 0 Å². The van der Waals surface area contributed by atoms with Crippen LogP contribution in [-0.4, -0.2) is 16.9 Å². The Hall–Kier alpha value is -0.910. The highest BCUT2D eigenvalue weighted by atomic mass is 127. The number of halogens is 1. The molecule has 0 amide bonds. The molecular formula is C11H11IO3. The summed E-state index contributed by atoms with van der Waals surface area (Å²) in [6, 6.07) is 7.85. The summed E-state index contributed by atoms with van der Waals surface area (Å²) in [5.41, 5.74) is 1.06. The molecule has 80 valence electrons. The monoisotopic (exact) mass is 318 g/mol. The molecule has 1 rings (SSSR count). The van der Waals surface area contributed by atoms with Crippen LogP contribution < -0.4 is 0 Å². The summed E-state index contributed by atoms with van der Waals surface area (Å²) in [6.45, 7) is 0. The number of aryl methyl sites for hydroxylation is 1. The molecule has 0 aliphatic heterocycles. The van der Waals surface area contributed by atoms with Gasteiger partial charge in [0.25, 0.3) is 0 Å². The molecule has 0 aliphatic carbocycles. The van der Waals surface area contributed by atoms with Crippen molar-refractivity contribution in [3.63, 3.8) is 0 Å². The van der Waals surface area contributed by atoms with Crippen LogP contribution in [0, 0.1) is 3.57 Å². The van der Waals surface area contributed by atoms with Crippen LogP contribution >= 0.6 is 22.6 Å². The van der Waals surface area contributed by atoms with E-state index < -0.39 is 5.97 Å². The number of benzene rings is 1.